The van der Waals surface area contributed by atoms with Crippen LogP contribution in [0.2, 0.25) is 5.02 Å². The van der Waals surface area contributed by atoms with Gasteiger partial charge >= 0.3 is 0 Å². The van der Waals surface area contributed by atoms with Gasteiger partial charge in [-0.3, -0.25) is 9.59 Å². The van der Waals surface area contributed by atoms with E-state index in [9.17, 15) is 9.59 Å². The molecule has 122 valence electrons. The van der Waals surface area contributed by atoms with Gasteiger partial charge in [-0.05, 0) is 49.9 Å². The van der Waals surface area contributed by atoms with Crippen molar-refractivity contribution in [1.82, 2.24) is 10.6 Å². The normalized spacial score (nSPS) is 12.0. The fourth-order valence-corrected chi connectivity index (χ4v) is 2.12. The van der Waals surface area contributed by atoms with Gasteiger partial charge in [0.15, 0.2) is 0 Å². The lowest BCUT2D eigenvalue weighted by molar-refractivity contribution is -0.121. The molecule has 1 aromatic rings. The highest BCUT2D eigenvalue weighted by Crippen LogP contribution is 2.09. The van der Waals surface area contributed by atoms with Gasteiger partial charge in [0.2, 0.25) is 5.91 Å². The zero-order chi connectivity index (χ0) is 16.5. The number of benzene rings is 1. The van der Waals surface area contributed by atoms with Gasteiger partial charge in [0.05, 0.1) is 0 Å². The lowest BCUT2D eigenvalue weighted by atomic mass is 10.0. The molecule has 0 aliphatic heterocycles. The second-order valence-electron chi connectivity index (χ2n) is 5.95. The zero-order valence-corrected chi connectivity index (χ0v) is 14.2. The lowest BCUT2D eigenvalue weighted by Crippen LogP contribution is -2.35. The molecule has 0 aliphatic carbocycles. The zero-order valence-electron chi connectivity index (χ0n) is 13.5. The standard InChI is InChI=1S/C17H25ClN2O2/c1-12(2)4-5-13(3)20-16(21)10-11-19-17(22)14-6-8-15(18)9-7-14/h6-9,12-13H,4-5,10-11H2,1-3H3,(H,19,22)(H,20,21)/t13-/m0/s1. The largest absolute Gasteiger partial charge is 0.354 e. The molecule has 22 heavy (non-hydrogen) atoms. The Morgan fingerprint density at radius 1 is 1.09 bits per heavy atom. The van der Waals surface area contributed by atoms with E-state index in [4.69, 9.17) is 11.6 Å². The molecular weight excluding hydrogens is 300 g/mol. The topological polar surface area (TPSA) is 58.2 Å². The van der Waals surface area contributed by atoms with Gasteiger partial charge in [-0.25, -0.2) is 0 Å². The van der Waals surface area contributed by atoms with E-state index in [0.29, 0.717) is 23.0 Å². The molecule has 0 heterocycles. The third kappa shape index (κ3) is 7.46. The molecule has 0 saturated heterocycles. The molecule has 1 aromatic carbocycles. The highest BCUT2D eigenvalue weighted by Gasteiger charge is 2.09. The van der Waals surface area contributed by atoms with Crippen LogP contribution < -0.4 is 10.6 Å². The quantitative estimate of drug-likeness (QED) is 0.770. The lowest BCUT2D eigenvalue weighted by Gasteiger charge is -2.15. The van der Waals surface area contributed by atoms with E-state index < -0.39 is 0 Å². The Balaban J connectivity index is 2.24. The first-order valence-corrected chi connectivity index (χ1v) is 8.09. The minimum atomic E-state index is -0.197. The predicted molar refractivity (Wildman–Crippen MR) is 90.1 cm³/mol. The van der Waals surface area contributed by atoms with Crippen LogP contribution in [0.15, 0.2) is 24.3 Å². The van der Waals surface area contributed by atoms with Crippen molar-refractivity contribution in [2.24, 2.45) is 5.92 Å². The highest BCUT2D eigenvalue weighted by molar-refractivity contribution is 6.30. The number of carbonyl (C=O) groups excluding carboxylic acids is 2. The average molecular weight is 325 g/mol. The van der Waals surface area contributed by atoms with Crippen molar-refractivity contribution in [2.45, 2.75) is 46.1 Å². The van der Waals surface area contributed by atoms with Crippen LogP contribution in [-0.4, -0.2) is 24.4 Å². The SMILES string of the molecule is CC(C)CC[C@H](C)NC(=O)CCNC(=O)c1ccc(Cl)cc1. The second kappa shape index (κ2) is 9.46. The van der Waals surface area contributed by atoms with Crippen molar-refractivity contribution in [1.29, 1.82) is 0 Å². The molecule has 0 aliphatic rings. The molecule has 1 rings (SSSR count). The summed E-state index contributed by atoms with van der Waals surface area (Å²) in [6, 6.07) is 6.82. The van der Waals surface area contributed by atoms with E-state index in [1.807, 2.05) is 6.92 Å². The summed E-state index contributed by atoms with van der Waals surface area (Å²) in [6.07, 6.45) is 2.35. The van der Waals surface area contributed by atoms with Crippen molar-refractivity contribution in [2.75, 3.05) is 6.54 Å². The van der Waals surface area contributed by atoms with Gasteiger partial charge < -0.3 is 10.6 Å². The molecule has 0 radical (unpaired) electrons. The molecule has 2 amide bonds. The Labute approximate surface area is 137 Å². The Kier molecular flexibility index (Phi) is 7.96. The van der Waals surface area contributed by atoms with Gasteiger partial charge in [-0.15, -0.1) is 0 Å². The first-order valence-electron chi connectivity index (χ1n) is 7.71. The van der Waals surface area contributed by atoms with Gasteiger partial charge in [0.25, 0.3) is 5.91 Å². The Hall–Kier alpha value is -1.55. The Morgan fingerprint density at radius 3 is 2.32 bits per heavy atom. The summed E-state index contributed by atoms with van der Waals surface area (Å²) in [6.45, 7) is 6.67. The van der Waals surface area contributed by atoms with E-state index in [-0.39, 0.29) is 24.3 Å². The number of halogens is 1. The van der Waals surface area contributed by atoms with E-state index in [0.717, 1.165) is 12.8 Å². The second-order valence-corrected chi connectivity index (χ2v) is 6.39. The molecule has 0 aromatic heterocycles. The van der Waals surface area contributed by atoms with Crippen LogP contribution in [0.5, 0.6) is 0 Å². The summed E-state index contributed by atoms with van der Waals surface area (Å²) in [5.74, 6) is 0.406. The first kappa shape index (κ1) is 18.5. The summed E-state index contributed by atoms with van der Waals surface area (Å²) in [7, 11) is 0. The minimum Gasteiger partial charge on any atom is -0.354 e. The average Bonchev–Trinajstić information content (AvgIpc) is 2.45. The highest BCUT2D eigenvalue weighted by atomic mass is 35.5. The number of rotatable bonds is 8. The summed E-state index contributed by atoms with van der Waals surface area (Å²) in [4.78, 5) is 23.6. The smallest absolute Gasteiger partial charge is 0.251 e. The molecule has 0 unspecified atom stereocenters. The maximum atomic E-state index is 11.9. The van der Waals surface area contributed by atoms with E-state index in [2.05, 4.69) is 24.5 Å². The van der Waals surface area contributed by atoms with Crippen LogP contribution >= 0.6 is 11.6 Å². The van der Waals surface area contributed by atoms with E-state index in [1.54, 1.807) is 24.3 Å². The van der Waals surface area contributed by atoms with Crippen molar-refractivity contribution in [3.05, 3.63) is 34.9 Å². The predicted octanol–water partition coefficient (Wildman–Crippen LogP) is 3.40. The van der Waals surface area contributed by atoms with Crippen LogP contribution in [0.1, 0.15) is 50.4 Å². The summed E-state index contributed by atoms with van der Waals surface area (Å²) >= 11 is 5.77. The molecule has 5 heteroatoms. The van der Waals surface area contributed by atoms with Gasteiger partial charge in [-0.1, -0.05) is 25.4 Å². The number of hydrogen-bond acceptors (Lipinski definition) is 2. The molecule has 0 spiro atoms. The van der Waals surface area contributed by atoms with E-state index in [1.165, 1.54) is 0 Å². The van der Waals surface area contributed by atoms with E-state index >= 15 is 0 Å². The maximum absolute atomic E-state index is 11.9. The minimum absolute atomic E-state index is 0.0346. The van der Waals surface area contributed by atoms with Crippen LogP contribution in [-0.2, 0) is 4.79 Å². The fourth-order valence-electron chi connectivity index (χ4n) is 2.00. The molecule has 0 saturated carbocycles. The summed E-state index contributed by atoms with van der Waals surface area (Å²) < 4.78 is 0. The fraction of sp³-hybridized carbons (Fsp3) is 0.529. The third-order valence-corrected chi connectivity index (χ3v) is 3.58. The molecule has 2 N–H and O–H groups in total. The van der Waals surface area contributed by atoms with Gasteiger partial charge in [-0.2, -0.15) is 0 Å². The molecule has 0 fully saturated rings. The number of carbonyl (C=O) groups is 2. The van der Waals surface area contributed by atoms with Crippen LogP contribution in [0, 0.1) is 5.92 Å². The number of nitrogens with one attached hydrogen (secondary N) is 2. The maximum Gasteiger partial charge on any atom is 0.251 e. The van der Waals surface area contributed by atoms with Crippen molar-refractivity contribution < 1.29 is 9.59 Å². The number of amides is 2. The van der Waals surface area contributed by atoms with Crippen LogP contribution in [0.25, 0.3) is 0 Å². The number of hydrogen-bond donors (Lipinski definition) is 2. The van der Waals surface area contributed by atoms with Crippen LogP contribution in [0.3, 0.4) is 0 Å². The monoisotopic (exact) mass is 324 g/mol. The Bertz CT molecular complexity index is 486. The first-order chi connectivity index (χ1) is 10.4. The van der Waals surface area contributed by atoms with Crippen molar-refractivity contribution in [3.8, 4) is 0 Å². The molecule has 1 atom stereocenters. The molecule has 4 nitrogen and oxygen atoms in total. The molecular formula is C17H25ClN2O2. The van der Waals surface area contributed by atoms with Crippen molar-refractivity contribution in [3.63, 3.8) is 0 Å². The van der Waals surface area contributed by atoms with Crippen molar-refractivity contribution >= 4 is 23.4 Å². The summed E-state index contributed by atoms with van der Waals surface area (Å²) in [5, 5.41) is 6.27. The van der Waals surface area contributed by atoms with Gasteiger partial charge in [0, 0.05) is 29.6 Å². The summed E-state index contributed by atoms with van der Waals surface area (Å²) in [5.41, 5.74) is 0.537. The third-order valence-electron chi connectivity index (χ3n) is 3.33. The molecule has 0 bridgehead atoms. The van der Waals surface area contributed by atoms with Crippen LogP contribution in [0.4, 0.5) is 0 Å². The van der Waals surface area contributed by atoms with Gasteiger partial charge in [0.1, 0.15) is 0 Å². The Morgan fingerprint density at radius 2 is 1.73 bits per heavy atom.